The Hall–Kier alpha value is -3.33. The van der Waals surface area contributed by atoms with Crippen LogP contribution in [0, 0.1) is 0 Å². The highest BCUT2D eigenvalue weighted by Crippen LogP contribution is 2.29. The maximum atomic E-state index is 12.8. The summed E-state index contributed by atoms with van der Waals surface area (Å²) in [5.74, 6) is 0.217. The van der Waals surface area contributed by atoms with Crippen LogP contribution in [-0.4, -0.2) is 15.8 Å². The third-order valence-electron chi connectivity index (χ3n) is 4.80. The molecule has 3 heteroatoms. The Morgan fingerprint density at radius 1 is 0.741 bits per heavy atom. The van der Waals surface area contributed by atoms with Crippen LogP contribution in [0.15, 0.2) is 91.1 Å². The minimum absolute atomic E-state index is 0.0325. The molecule has 4 rings (SSSR count). The van der Waals surface area contributed by atoms with E-state index < -0.39 is 0 Å². The molecule has 0 saturated carbocycles. The molecule has 3 nitrogen and oxygen atoms in total. The minimum atomic E-state index is 0.0325. The molecule has 0 atom stereocenters. The fourth-order valence-corrected chi connectivity index (χ4v) is 3.39. The first-order valence-electron chi connectivity index (χ1n) is 9.16. The van der Waals surface area contributed by atoms with Crippen LogP contribution in [0.3, 0.4) is 0 Å². The van der Waals surface area contributed by atoms with Gasteiger partial charge in [0.25, 0.3) is 0 Å². The van der Waals surface area contributed by atoms with Gasteiger partial charge in [0, 0.05) is 12.3 Å². The number of hydrogen-bond donors (Lipinski definition) is 0. The van der Waals surface area contributed by atoms with Crippen LogP contribution < -0.4 is 0 Å². The average molecular weight is 352 g/mol. The van der Waals surface area contributed by atoms with Crippen LogP contribution in [-0.2, 0) is 0 Å². The molecule has 0 unspecified atom stereocenters. The maximum absolute atomic E-state index is 12.8. The Bertz CT molecular complexity index is 1010. The molecule has 1 heterocycles. The van der Waals surface area contributed by atoms with Crippen molar-refractivity contribution in [3.63, 3.8) is 0 Å². The molecule has 0 saturated heterocycles. The van der Waals surface area contributed by atoms with Crippen molar-refractivity contribution in [2.75, 3.05) is 0 Å². The van der Waals surface area contributed by atoms with Gasteiger partial charge in [0.2, 0.25) is 0 Å². The molecule has 0 aliphatic rings. The van der Waals surface area contributed by atoms with Gasteiger partial charge in [-0.2, -0.15) is 0 Å². The summed E-state index contributed by atoms with van der Waals surface area (Å²) >= 11 is 0. The number of para-hydroxylation sites is 2. The van der Waals surface area contributed by atoms with E-state index in [0.717, 1.165) is 17.5 Å². The molecule has 132 valence electrons. The van der Waals surface area contributed by atoms with Gasteiger partial charge in [0.15, 0.2) is 5.78 Å². The second-order valence-electron chi connectivity index (χ2n) is 6.58. The number of ketones is 1. The largest absolute Gasteiger partial charge is 0.292 e. The average Bonchev–Trinajstić information content (AvgIpc) is 2.75. The molecular weight excluding hydrogens is 332 g/mol. The Morgan fingerprint density at radius 3 is 1.93 bits per heavy atom. The molecule has 0 aliphatic heterocycles. The lowest BCUT2D eigenvalue weighted by molar-refractivity contribution is 0.0974. The fourth-order valence-electron chi connectivity index (χ4n) is 3.39. The van der Waals surface area contributed by atoms with Gasteiger partial charge in [-0.25, -0.2) is 4.98 Å². The summed E-state index contributed by atoms with van der Waals surface area (Å²) in [5, 5.41) is 0. The SMILES string of the molecule is O=C(CCC(c1ccccc1)c1ccccc1)c1cnc2ccccc2n1. The monoisotopic (exact) mass is 352 g/mol. The summed E-state index contributed by atoms with van der Waals surface area (Å²) in [6, 6.07) is 28.3. The van der Waals surface area contributed by atoms with Crippen molar-refractivity contribution in [3.8, 4) is 0 Å². The van der Waals surface area contributed by atoms with Gasteiger partial charge in [-0.1, -0.05) is 72.8 Å². The number of carbonyl (C=O) groups excluding carboxylic acids is 1. The zero-order valence-corrected chi connectivity index (χ0v) is 15.0. The lowest BCUT2D eigenvalue weighted by atomic mass is 9.87. The molecule has 1 aromatic heterocycles. The number of nitrogens with zero attached hydrogens (tertiary/aromatic N) is 2. The molecule has 3 aromatic carbocycles. The van der Waals surface area contributed by atoms with E-state index in [4.69, 9.17) is 0 Å². The molecule has 0 bridgehead atoms. The van der Waals surface area contributed by atoms with E-state index in [9.17, 15) is 4.79 Å². The molecule has 0 fully saturated rings. The number of benzene rings is 3. The molecule has 0 spiro atoms. The van der Waals surface area contributed by atoms with Crippen LogP contribution in [0.2, 0.25) is 0 Å². The smallest absolute Gasteiger partial charge is 0.182 e. The van der Waals surface area contributed by atoms with Crippen LogP contribution in [0.1, 0.15) is 40.4 Å². The number of carbonyl (C=O) groups is 1. The van der Waals surface area contributed by atoms with E-state index in [2.05, 4.69) is 34.2 Å². The maximum Gasteiger partial charge on any atom is 0.182 e. The Balaban J connectivity index is 1.55. The third-order valence-corrected chi connectivity index (χ3v) is 4.80. The zero-order valence-electron chi connectivity index (χ0n) is 15.0. The van der Waals surface area contributed by atoms with Crippen molar-refractivity contribution < 1.29 is 4.79 Å². The highest BCUT2D eigenvalue weighted by atomic mass is 16.1. The topological polar surface area (TPSA) is 42.9 Å². The molecule has 0 amide bonds. The second-order valence-corrected chi connectivity index (χ2v) is 6.58. The van der Waals surface area contributed by atoms with Crippen molar-refractivity contribution in [2.24, 2.45) is 0 Å². The minimum Gasteiger partial charge on any atom is -0.292 e. The summed E-state index contributed by atoms with van der Waals surface area (Å²) in [7, 11) is 0. The van der Waals surface area contributed by atoms with E-state index in [1.54, 1.807) is 6.20 Å². The predicted molar refractivity (Wildman–Crippen MR) is 108 cm³/mol. The first-order valence-corrected chi connectivity index (χ1v) is 9.16. The summed E-state index contributed by atoms with van der Waals surface area (Å²) in [5.41, 5.74) is 4.45. The van der Waals surface area contributed by atoms with Crippen LogP contribution in [0.5, 0.6) is 0 Å². The van der Waals surface area contributed by atoms with Gasteiger partial charge in [-0.05, 0) is 29.7 Å². The molecule has 0 N–H and O–H groups in total. The first kappa shape index (κ1) is 17.1. The van der Waals surface area contributed by atoms with E-state index >= 15 is 0 Å². The first-order chi connectivity index (χ1) is 13.3. The molecule has 0 radical (unpaired) electrons. The summed E-state index contributed by atoms with van der Waals surface area (Å²) < 4.78 is 0. The highest BCUT2D eigenvalue weighted by Gasteiger charge is 2.17. The third kappa shape index (κ3) is 3.93. The lowest BCUT2D eigenvalue weighted by Crippen LogP contribution is -2.08. The number of Topliss-reactive ketones (excluding diaryl/α,β-unsaturated/α-hetero) is 1. The van der Waals surface area contributed by atoms with Gasteiger partial charge in [-0.3, -0.25) is 9.78 Å². The standard InChI is InChI=1S/C24H20N2O/c27-24(23-17-25-21-13-7-8-14-22(21)26-23)16-15-20(18-9-3-1-4-10-18)19-11-5-2-6-12-19/h1-14,17,20H,15-16H2. The molecule has 4 aromatic rings. The van der Waals surface area contributed by atoms with Gasteiger partial charge >= 0.3 is 0 Å². The van der Waals surface area contributed by atoms with Gasteiger partial charge in [0.1, 0.15) is 5.69 Å². The lowest BCUT2D eigenvalue weighted by Gasteiger charge is -2.17. The Morgan fingerprint density at radius 2 is 1.30 bits per heavy atom. The summed E-state index contributed by atoms with van der Waals surface area (Å²) in [6.07, 6.45) is 2.76. The van der Waals surface area contributed by atoms with Crippen molar-refractivity contribution >= 4 is 16.8 Å². The van der Waals surface area contributed by atoms with Gasteiger partial charge < -0.3 is 0 Å². The van der Waals surface area contributed by atoms with Gasteiger partial charge in [0.05, 0.1) is 17.2 Å². The summed E-state index contributed by atoms with van der Waals surface area (Å²) in [4.78, 5) is 21.6. The van der Waals surface area contributed by atoms with Crippen molar-refractivity contribution in [2.45, 2.75) is 18.8 Å². The van der Waals surface area contributed by atoms with E-state index in [1.807, 2.05) is 60.7 Å². The van der Waals surface area contributed by atoms with Crippen molar-refractivity contribution in [1.29, 1.82) is 0 Å². The van der Waals surface area contributed by atoms with E-state index in [0.29, 0.717) is 12.1 Å². The fraction of sp³-hybridized carbons (Fsp3) is 0.125. The van der Waals surface area contributed by atoms with Crippen molar-refractivity contribution in [1.82, 2.24) is 9.97 Å². The normalized spacial score (nSPS) is 11.0. The quantitative estimate of drug-likeness (QED) is 0.435. The van der Waals surface area contributed by atoms with E-state index in [1.165, 1.54) is 11.1 Å². The number of rotatable bonds is 6. The number of fused-ring (bicyclic) bond motifs is 1. The number of hydrogen-bond acceptors (Lipinski definition) is 3. The van der Waals surface area contributed by atoms with Crippen LogP contribution >= 0.6 is 0 Å². The second kappa shape index (κ2) is 7.92. The molecule has 27 heavy (non-hydrogen) atoms. The highest BCUT2D eigenvalue weighted by molar-refractivity contribution is 5.95. The predicted octanol–water partition coefficient (Wildman–Crippen LogP) is 5.42. The number of aromatic nitrogens is 2. The molecule has 0 aliphatic carbocycles. The molecular formula is C24H20N2O. The van der Waals surface area contributed by atoms with Crippen LogP contribution in [0.25, 0.3) is 11.0 Å². The summed E-state index contributed by atoms with van der Waals surface area (Å²) in [6.45, 7) is 0. The van der Waals surface area contributed by atoms with E-state index in [-0.39, 0.29) is 11.7 Å². The van der Waals surface area contributed by atoms with Crippen LogP contribution in [0.4, 0.5) is 0 Å². The van der Waals surface area contributed by atoms with Crippen molar-refractivity contribution in [3.05, 3.63) is 108 Å². The zero-order chi connectivity index (χ0) is 18.5. The Labute approximate surface area is 158 Å². The Kier molecular flexibility index (Phi) is 5.01. The van der Waals surface area contributed by atoms with Gasteiger partial charge in [-0.15, -0.1) is 0 Å².